The molecule has 2 fully saturated rings. The number of carbonyl (C=O) groups is 1. The number of anilines is 1. The molecule has 0 bridgehead atoms. The molecule has 1 aromatic heterocycles. The van der Waals surface area contributed by atoms with Gasteiger partial charge in [-0.2, -0.15) is 0 Å². The Morgan fingerprint density at radius 3 is 2.77 bits per heavy atom. The molecule has 0 radical (unpaired) electrons. The molecule has 1 aliphatic carbocycles. The first kappa shape index (κ1) is 17.2. The number of rotatable bonds is 4. The van der Waals surface area contributed by atoms with Crippen LogP contribution in [0.2, 0.25) is 0 Å². The van der Waals surface area contributed by atoms with Crippen LogP contribution in [-0.4, -0.2) is 34.4 Å². The minimum absolute atomic E-state index is 0.0270. The van der Waals surface area contributed by atoms with Crippen molar-refractivity contribution in [3.63, 3.8) is 0 Å². The zero-order valence-electron chi connectivity index (χ0n) is 15.0. The molecule has 136 valence electrons. The molecule has 4 nitrogen and oxygen atoms in total. The fourth-order valence-corrected chi connectivity index (χ4v) is 4.02. The smallest absolute Gasteiger partial charge is 0.241 e. The minimum atomic E-state index is -0.363. The predicted octanol–water partition coefficient (Wildman–Crippen LogP) is 4.15. The van der Waals surface area contributed by atoms with Gasteiger partial charge in [-0.3, -0.25) is 14.7 Å². The maximum Gasteiger partial charge on any atom is 0.241 e. The van der Waals surface area contributed by atoms with Crippen molar-refractivity contribution in [1.82, 2.24) is 9.88 Å². The summed E-state index contributed by atoms with van der Waals surface area (Å²) in [5.74, 6) is -0.292. The van der Waals surface area contributed by atoms with Crippen LogP contribution in [0.4, 0.5) is 10.1 Å². The number of pyridine rings is 1. The molecule has 4 rings (SSSR count). The molecule has 2 aliphatic rings. The zero-order chi connectivity index (χ0) is 18.1. The number of aromatic nitrogens is 1. The van der Waals surface area contributed by atoms with Gasteiger partial charge in [0.15, 0.2) is 0 Å². The van der Waals surface area contributed by atoms with Gasteiger partial charge in [0.1, 0.15) is 5.82 Å². The molecule has 1 atom stereocenters. The molecular formula is C21H24FN3O. The highest BCUT2D eigenvalue weighted by molar-refractivity contribution is 5.95. The lowest BCUT2D eigenvalue weighted by Gasteiger charge is -2.38. The fourth-order valence-electron chi connectivity index (χ4n) is 4.02. The number of carbonyl (C=O) groups excluding carboxylic acids is 1. The molecule has 5 heteroatoms. The number of amides is 1. The Bertz CT molecular complexity index is 819. The van der Waals surface area contributed by atoms with Gasteiger partial charge >= 0.3 is 0 Å². The molecule has 1 aromatic carbocycles. The van der Waals surface area contributed by atoms with Gasteiger partial charge in [0.05, 0.1) is 12.2 Å². The van der Waals surface area contributed by atoms with Crippen LogP contribution in [-0.2, 0) is 4.79 Å². The number of likely N-dealkylation sites (tertiary alicyclic amines) is 1. The Labute approximate surface area is 153 Å². The highest BCUT2D eigenvalue weighted by Crippen LogP contribution is 2.32. The van der Waals surface area contributed by atoms with E-state index >= 15 is 0 Å². The van der Waals surface area contributed by atoms with Crippen molar-refractivity contribution in [2.45, 2.75) is 51.1 Å². The first-order chi connectivity index (χ1) is 12.6. The van der Waals surface area contributed by atoms with Crippen LogP contribution >= 0.6 is 0 Å². The van der Waals surface area contributed by atoms with Gasteiger partial charge in [0, 0.05) is 23.5 Å². The van der Waals surface area contributed by atoms with Crippen molar-refractivity contribution in [3.8, 4) is 11.1 Å². The van der Waals surface area contributed by atoms with Gasteiger partial charge in [0.2, 0.25) is 5.91 Å². The van der Waals surface area contributed by atoms with E-state index in [1.807, 2.05) is 25.1 Å². The summed E-state index contributed by atoms with van der Waals surface area (Å²) in [4.78, 5) is 19.1. The maximum absolute atomic E-state index is 13.5. The van der Waals surface area contributed by atoms with Crippen molar-refractivity contribution in [2.24, 2.45) is 0 Å². The SMILES string of the molecule is Cc1ccc(NC(=O)[C@H]2CCCN2C2CCC2)cc1-c1cncc(F)c1. The summed E-state index contributed by atoms with van der Waals surface area (Å²) in [6, 6.07) is 7.80. The Hall–Kier alpha value is -2.27. The molecule has 1 amide bonds. The molecule has 0 unspecified atom stereocenters. The third-order valence-corrected chi connectivity index (χ3v) is 5.66. The van der Waals surface area contributed by atoms with E-state index in [-0.39, 0.29) is 17.8 Å². The van der Waals surface area contributed by atoms with Crippen LogP contribution in [0, 0.1) is 12.7 Å². The predicted molar refractivity (Wildman–Crippen MR) is 100 cm³/mol. The first-order valence-electron chi connectivity index (χ1n) is 9.40. The van der Waals surface area contributed by atoms with Crippen molar-refractivity contribution in [1.29, 1.82) is 0 Å². The lowest BCUT2D eigenvalue weighted by Crippen LogP contribution is -2.48. The Balaban J connectivity index is 1.53. The van der Waals surface area contributed by atoms with Crippen molar-refractivity contribution in [2.75, 3.05) is 11.9 Å². The van der Waals surface area contributed by atoms with Crippen molar-refractivity contribution >= 4 is 11.6 Å². The second kappa shape index (κ2) is 7.16. The molecule has 0 spiro atoms. The van der Waals surface area contributed by atoms with E-state index in [2.05, 4.69) is 15.2 Å². The van der Waals surface area contributed by atoms with Gasteiger partial charge in [-0.25, -0.2) is 4.39 Å². The third kappa shape index (κ3) is 3.36. The Kier molecular flexibility index (Phi) is 4.72. The highest BCUT2D eigenvalue weighted by Gasteiger charge is 2.37. The molecule has 1 saturated carbocycles. The summed E-state index contributed by atoms with van der Waals surface area (Å²) in [6.07, 6.45) is 8.55. The van der Waals surface area contributed by atoms with Crippen LogP contribution in [0.3, 0.4) is 0 Å². The van der Waals surface area contributed by atoms with E-state index in [9.17, 15) is 9.18 Å². The van der Waals surface area contributed by atoms with Gasteiger partial charge < -0.3 is 5.32 Å². The van der Waals surface area contributed by atoms with E-state index in [4.69, 9.17) is 0 Å². The Morgan fingerprint density at radius 2 is 2.04 bits per heavy atom. The summed E-state index contributed by atoms with van der Waals surface area (Å²) >= 11 is 0. The van der Waals surface area contributed by atoms with Gasteiger partial charge in [0.25, 0.3) is 0 Å². The quantitative estimate of drug-likeness (QED) is 0.898. The molecule has 1 aliphatic heterocycles. The maximum atomic E-state index is 13.5. The zero-order valence-corrected chi connectivity index (χ0v) is 15.0. The summed E-state index contributed by atoms with van der Waals surface area (Å²) in [7, 11) is 0. The van der Waals surface area contributed by atoms with E-state index in [1.54, 1.807) is 6.20 Å². The average molecular weight is 353 g/mol. The van der Waals surface area contributed by atoms with Crippen molar-refractivity contribution < 1.29 is 9.18 Å². The van der Waals surface area contributed by atoms with E-state index in [0.29, 0.717) is 6.04 Å². The van der Waals surface area contributed by atoms with Crippen LogP contribution in [0.15, 0.2) is 36.7 Å². The van der Waals surface area contributed by atoms with Crippen LogP contribution in [0.25, 0.3) is 11.1 Å². The summed E-state index contributed by atoms with van der Waals surface area (Å²) in [5, 5.41) is 3.07. The van der Waals surface area contributed by atoms with Crippen molar-refractivity contribution in [3.05, 3.63) is 48.0 Å². The fraction of sp³-hybridized carbons (Fsp3) is 0.429. The molecule has 1 saturated heterocycles. The number of nitrogens with zero attached hydrogens (tertiary/aromatic N) is 2. The number of halogens is 1. The summed E-state index contributed by atoms with van der Waals surface area (Å²) in [6.45, 7) is 3.00. The standard InChI is InChI=1S/C21H24FN3O/c1-14-7-8-17(11-19(14)15-10-16(22)13-23-12-15)24-21(26)20-6-3-9-25(20)18-4-2-5-18/h7-8,10-13,18,20H,2-6,9H2,1H3,(H,24,26)/t20-/m1/s1. The second-order valence-corrected chi connectivity index (χ2v) is 7.39. The molecule has 26 heavy (non-hydrogen) atoms. The lowest BCUT2D eigenvalue weighted by molar-refractivity contribution is -0.121. The topological polar surface area (TPSA) is 45.2 Å². The number of hydrogen-bond donors (Lipinski definition) is 1. The minimum Gasteiger partial charge on any atom is -0.325 e. The first-order valence-corrected chi connectivity index (χ1v) is 9.40. The lowest BCUT2D eigenvalue weighted by atomic mass is 9.91. The number of hydrogen-bond acceptors (Lipinski definition) is 3. The molecular weight excluding hydrogens is 329 g/mol. The highest BCUT2D eigenvalue weighted by atomic mass is 19.1. The molecule has 2 heterocycles. The summed E-state index contributed by atoms with van der Waals surface area (Å²) < 4.78 is 13.5. The van der Waals surface area contributed by atoms with E-state index in [1.165, 1.54) is 31.5 Å². The van der Waals surface area contributed by atoms with E-state index < -0.39 is 0 Å². The average Bonchev–Trinajstić information content (AvgIpc) is 3.04. The normalized spacial score (nSPS) is 20.8. The van der Waals surface area contributed by atoms with E-state index in [0.717, 1.165) is 41.8 Å². The molecule has 2 aromatic rings. The van der Waals surface area contributed by atoms with Gasteiger partial charge in [-0.05, 0) is 68.5 Å². The second-order valence-electron chi connectivity index (χ2n) is 7.39. The van der Waals surface area contributed by atoms with Crippen LogP contribution < -0.4 is 5.32 Å². The number of aryl methyl sites for hydroxylation is 1. The van der Waals surface area contributed by atoms with Crippen LogP contribution in [0.5, 0.6) is 0 Å². The van der Waals surface area contributed by atoms with Gasteiger partial charge in [-0.1, -0.05) is 12.5 Å². The monoisotopic (exact) mass is 353 g/mol. The number of benzene rings is 1. The number of nitrogens with one attached hydrogen (secondary N) is 1. The molecule has 1 N–H and O–H groups in total. The summed E-state index contributed by atoms with van der Waals surface area (Å²) in [5.41, 5.74) is 3.38. The van der Waals surface area contributed by atoms with Crippen LogP contribution in [0.1, 0.15) is 37.7 Å². The Morgan fingerprint density at radius 1 is 1.19 bits per heavy atom. The largest absolute Gasteiger partial charge is 0.325 e. The van der Waals surface area contributed by atoms with Gasteiger partial charge in [-0.15, -0.1) is 0 Å². The third-order valence-electron chi connectivity index (χ3n) is 5.66.